The average molecular weight is 483 g/mol. The molecule has 1 aromatic rings. The lowest BCUT2D eigenvalue weighted by Crippen LogP contribution is -2.31. The zero-order valence-electron chi connectivity index (χ0n) is 17.8. The van der Waals surface area contributed by atoms with E-state index < -0.39 is 58.6 Å². The summed E-state index contributed by atoms with van der Waals surface area (Å²) in [5.41, 5.74) is 5.39. The molecule has 2 heterocycles. The van der Waals surface area contributed by atoms with Gasteiger partial charge in [0.1, 0.15) is 18.1 Å². The Bertz CT molecular complexity index is 921. The first-order valence-electron chi connectivity index (χ1n) is 9.51. The largest absolute Gasteiger partial charge is 0.756 e. The molecule has 0 amide bonds. The van der Waals surface area contributed by atoms with Crippen LogP contribution in [-0.4, -0.2) is 40.6 Å². The molecule has 2 rings (SSSR count). The van der Waals surface area contributed by atoms with Gasteiger partial charge in [-0.3, -0.25) is 13.7 Å². The number of ether oxygens (including phenoxy) is 1. The number of nitrogen functional groups attached to an aromatic ring is 1. The number of phosphoric acid groups is 2. The Labute approximate surface area is 179 Å². The van der Waals surface area contributed by atoms with Crippen LogP contribution in [0.5, 0.6) is 0 Å². The van der Waals surface area contributed by atoms with E-state index in [0.717, 1.165) is 4.57 Å². The van der Waals surface area contributed by atoms with Gasteiger partial charge >= 0.3 is 5.69 Å². The summed E-state index contributed by atoms with van der Waals surface area (Å²) < 4.78 is 50.3. The van der Waals surface area contributed by atoms with Crippen LogP contribution in [0.2, 0.25) is 0 Å². The van der Waals surface area contributed by atoms with Crippen LogP contribution in [0.4, 0.5) is 5.82 Å². The number of anilines is 1. The Morgan fingerprint density at radius 1 is 1.23 bits per heavy atom. The first kappa shape index (κ1) is 26.1. The summed E-state index contributed by atoms with van der Waals surface area (Å²) in [6.07, 6.45) is -3.44. The second kappa shape index (κ2) is 10.2. The molecule has 2 N–H and O–H groups in total. The fourth-order valence-electron chi connectivity index (χ4n) is 2.82. The topological polar surface area (TPSA) is 187 Å². The number of hydrogen-bond donors (Lipinski definition) is 1. The SMILES string of the molecule is Cc1cn([C@H]2CC(OP(=O)([O-])OC(C)C)[C@@H](COP(=O)([O-])OC(C)C)O2)c(=O)nc1N. The second-order valence-corrected chi connectivity index (χ2v) is 10.2. The maximum atomic E-state index is 12.2. The minimum atomic E-state index is -4.76. The Balaban J connectivity index is 2.24. The van der Waals surface area contributed by atoms with Gasteiger partial charge in [-0.15, -0.1) is 0 Å². The summed E-state index contributed by atoms with van der Waals surface area (Å²) in [6, 6.07) is 0. The van der Waals surface area contributed by atoms with Crippen molar-refractivity contribution in [3.63, 3.8) is 0 Å². The molecule has 0 bridgehead atoms. The molecule has 15 heteroatoms. The van der Waals surface area contributed by atoms with Crippen LogP contribution in [-0.2, 0) is 32.0 Å². The molecule has 1 aliphatic rings. The van der Waals surface area contributed by atoms with Gasteiger partial charge in [0.25, 0.3) is 15.6 Å². The van der Waals surface area contributed by atoms with Crippen molar-refractivity contribution in [1.82, 2.24) is 9.55 Å². The molecule has 0 radical (unpaired) electrons. The van der Waals surface area contributed by atoms with E-state index in [1.807, 2.05) is 0 Å². The highest BCUT2D eigenvalue weighted by atomic mass is 31.2. The minimum absolute atomic E-state index is 0.0412. The molecule has 31 heavy (non-hydrogen) atoms. The van der Waals surface area contributed by atoms with E-state index in [1.54, 1.807) is 6.92 Å². The molecule has 5 atom stereocenters. The molecule has 0 aliphatic carbocycles. The van der Waals surface area contributed by atoms with Gasteiger partial charge in [0.2, 0.25) is 0 Å². The van der Waals surface area contributed by atoms with Crippen molar-refractivity contribution in [2.24, 2.45) is 0 Å². The van der Waals surface area contributed by atoms with Crippen LogP contribution in [0.15, 0.2) is 11.0 Å². The Hall–Kier alpha value is -1.14. The van der Waals surface area contributed by atoms with E-state index >= 15 is 0 Å². The van der Waals surface area contributed by atoms with Gasteiger partial charge in [0.05, 0.1) is 24.9 Å². The van der Waals surface area contributed by atoms with E-state index in [1.165, 1.54) is 33.9 Å². The van der Waals surface area contributed by atoms with Gasteiger partial charge in [-0.1, -0.05) is 0 Å². The van der Waals surface area contributed by atoms with Crippen LogP contribution in [0.1, 0.15) is 45.9 Å². The molecule has 0 spiro atoms. The highest BCUT2D eigenvalue weighted by Crippen LogP contribution is 2.47. The highest BCUT2D eigenvalue weighted by molar-refractivity contribution is 7.46. The maximum absolute atomic E-state index is 12.2. The number of aryl methyl sites for hydroxylation is 1. The van der Waals surface area contributed by atoms with E-state index in [2.05, 4.69) is 4.98 Å². The fraction of sp³-hybridized carbons (Fsp3) is 0.750. The van der Waals surface area contributed by atoms with Gasteiger partial charge in [0.15, 0.2) is 0 Å². The smallest absolute Gasteiger partial charge is 0.351 e. The summed E-state index contributed by atoms with van der Waals surface area (Å²) in [7, 11) is -9.43. The lowest BCUT2D eigenvalue weighted by Gasteiger charge is -2.31. The predicted molar refractivity (Wildman–Crippen MR) is 105 cm³/mol. The minimum Gasteiger partial charge on any atom is -0.756 e. The average Bonchev–Trinajstić information content (AvgIpc) is 2.95. The lowest BCUT2D eigenvalue weighted by atomic mass is 10.2. The van der Waals surface area contributed by atoms with Crippen LogP contribution in [0.3, 0.4) is 0 Å². The molecule has 3 unspecified atom stereocenters. The third-order valence-corrected chi connectivity index (χ3v) is 6.36. The van der Waals surface area contributed by atoms with Crippen molar-refractivity contribution >= 4 is 21.5 Å². The zero-order chi connectivity index (χ0) is 23.6. The van der Waals surface area contributed by atoms with Crippen LogP contribution in [0.25, 0.3) is 0 Å². The van der Waals surface area contributed by atoms with Gasteiger partial charge < -0.3 is 38.4 Å². The predicted octanol–water partition coefficient (Wildman–Crippen LogP) is 0.610. The summed E-state index contributed by atoms with van der Waals surface area (Å²) in [5, 5.41) is 0. The monoisotopic (exact) mass is 483 g/mol. The molecule has 1 aromatic heterocycles. The molecule has 13 nitrogen and oxygen atoms in total. The Morgan fingerprint density at radius 2 is 1.81 bits per heavy atom. The van der Waals surface area contributed by atoms with E-state index in [4.69, 9.17) is 28.6 Å². The normalized spacial score (nSPS) is 25.6. The number of aromatic nitrogens is 2. The first-order valence-corrected chi connectivity index (χ1v) is 12.4. The van der Waals surface area contributed by atoms with Gasteiger partial charge in [-0.2, -0.15) is 4.98 Å². The first-order chi connectivity index (χ1) is 14.2. The molecule has 178 valence electrons. The molecule has 1 saturated heterocycles. The fourth-order valence-corrected chi connectivity index (χ4v) is 4.85. The maximum Gasteiger partial charge on any atom is 0.351 e. The Kier molecular flexibility index (Phi) is 8.59. The van der Waals surface area contributed by atoms with Crippen molar-refractivity contribution in [2.45, 2.75) is 71.7 Å². The lowest BCUT2D eigenvalue weighted by molar-refractivity contribution is -0.236. The summed E-state index contributed by atoms with van der Waals surface area (Å²) in [6.45, 7) is 7.03. The van der Waals surface area contributed by atoms with Gasteiger partial charge in [-0.05, 0) is 34.6 Å². The van der Waals surface area contributed by atoms with Crippen molar-refractivity contribution in [3.8, 4) is 0 Å². The summed E-state index contributed by atoms with van der Waals surface area (Å²) in [5.74, 6) is 0.0412. The molecule has 0 aromatic carbocycles. The third kappa shape index (κ3) is 7.74. The van der Waals surface area contributed by atoms with E-state index in [0.29, 0.717) is 5.56 Å². The van der Waals surface area contributed by atoms with E-state index in [9.17, 15) is 23.7 Å². The number of nitrogens with zero attached hydrogens (tertiary/aromatic N) is 2. The molecule has 0 saturated carbocycles. The van der Waals surface area contributed by atoms with Crippen molar-refractivity contribution in [3.05, 3.63) is 22.2 Å². The summed E-state index contributed by atoms with van der Waals surface area (Å²) >= 11 is 0. The number of hydrogen-bond acceptors (Lipinski definition) is 12. The van der Waals surface area contributed by atoms with Crippen molar-refractivity contribution in [1.29, 1.82) is 0 Å². The van der Waals surface area contributed by atoms with E-state index in [-0.39, 0.29) is 12.2 Å². The van der Waals surface area contributed by atoms with Gasteiger partial charge in [0, 0.05) is 18.2 Å². The molecular formula is C16H27N3O10P2-2. The van der Waals surface area contributed by atoms with Crippen LogP contribution >= 0.6 is 15.6 Å². The standard InChI is InChI=1S/C16H29N3O10P2/c1-9(2)27-30(21,22)25-8-13-12(29-31(23,24)28-10(3)4)6-14(26-13)19-7-11(5)15(17)18-16(19)20/h7,9-10,12-14H,6,8H2,1-5H3,(H,21,22)(H,23,24)(H2,17,18,20)/p-2/t12?,13-,14-/m1/s1. The number of nitrogens with two attached hydrogens (primary N) is 1. The summed E-state index contributed by atoms with van der Waals surface area (Å²) in [4.78, 5) is 39.9. The third-order valence-electron chi connectivity index (χ3n) is 4.01. The molecular weight excluding hydrogens is 456 g/mol. The zero-order valence-corrected chi connectivity index (χ0v) is 19.6. The van der Waals surface area contributed by atoms with Gasteiger partial charge in [-0.25, -0.2) is 4.79 Å². The number of phosphoric ester groups is 2. The molecule has 1 fully saturated rings. The Morgan fingerprint density at radius 3 is 2.39 bits per heavy atom. The van der Waals surface area contributed by atoms with Crippen LogP contribution in [0, 0.1) is 6.92 Å². The quantitative estimate of drug-likeness (QED) is 0.457. The number of rotatable bonds is 10. The molecule has 1 aliphatic heterocycles. The van der Waals surface area contributed by atoms with Crippen molar-refractivity contribution < 1.29 is 41.7 Å². The van der Waals surface area contributed by atoms with Crippen molar-refractivity contribution in [2.75, 3.05) is 12.3 Å². The van der Waals surface area contributed by atoms with Crippen LogP contribution < -0.4 is 21.2 Å². The second-order valence-electron chi connectivity index (χ2n) is 7.51. The highest BCUT2D eigenvalue weighted by Gasteiger charge is 2.40.